The summed E-state index contributed by atoms with van der Waals surface area (Å²) in [6.45, 7) is 11.5. The minimum Gasteiger partial charge on any atom is -0.463 e. The Bertz CT molecular complexity index is 1670. The molecular formula is C37H44N6O4. The van der Waals surface area contributed by atoms with Crippen LogP contribution in [0.15, 0.2) is 66.7 Å². The zero-order chi connectivity index (χ0) is 32.0. The number of hydrogen-bond acceptors (Lipinski definition) is 9. The summed E-state index contributed by atoms with van der Waals surface area (Å²) in [7, 11) is 0. The summed E-state index contributed by atoms with van der Waals surface area (Å²) in [6, 6.07) is 23.4. The number of aryl methyl sites for hydroxylation is 1. The molecule has 0 unspecified atom stereocenters. The maximum absolute atomic E-state index is 12.9. The quantitative estimate of drug-likeness (QED) is 0.234. The van der Waals surface area contributed by atoms with E-state index in [0.29, 0.717) is 45.3 Å². The van der Waals surface area contributed by atoms with Crippen LogP contribution in [-0.4, -0.2) is 98.0 Å². The van der Waals surface area contributed by atoms with Gasteiger partial charge in [0.1, 0.15) is 12.4 Å². The van der Waals surface area contributed by atoms with Gasteiger partial charge in [-0.3, -0.25) is 4.90 Å². The lowest BCUT2D eigenvalue weighted by Gasteiger charge is -2.38. The smallest absolute Gasteiger partial charge is 0.410 e. The Labute approximate surface area is 276 Å². The Balaban J connectivity index is 1.07. The highest BCUT2D eigenvalue weighted by molar-refractivity contribution is 5.95. The van der Waals surface area contributed by atoms with Crippen molar-refractivity contribution in [3.63, 3.8) is 0 Å². The van der Waals surface area contributed by atoms with Crippen molar-refractivity contribution >= 4 is 28.4 Å². The molecule has 0 spiro atoms. The molecule has 3 aliphatic rings. The molecule has 246 valence electrons. The van der Waals surface area contributed by atoms with Crippen molar-refractivity contribution in [1.82, 2.24) is 19.8 Å². The number of carbonyl (C=O) groups is 1. The summed E-state index contributed by atoms with van der Waals surface area (Å²) in [4.78, 5) is 31.8. The number of piperazine rings is 1. The third-order valence-corrected chi connectivity index (χ3v) is 9.34. The first-order chi connectivity index (χ1) is 23.1. The van der Waals surface area contributed by atoms with Crippen LogP contribution in [-0.2, 0) is 29.0 Å². The van der Waals surface area contributed by atoms with E-state index in [4.69, 9.17) is 24.2 Å². The normalized spacial score (nSPS) is 17.1. The van der Waals surface area contributed by atoms with Gasteiger partial charge in [0.25, 0.3) is 0 Å². The van der Waals surface area contributed by atoms with E-state index in [9.17, 15) is 4.79 Å². The van der Waals surface area contributed by atoms with Crippen molar-refractivity contribution in [2.24, 2.45) is 0 Å². The van der Waals surface area contributed by atoms with Crippen LogP contribution in [0.25, 0.3) is 10.8 Å². The van der Waals surface area contributed by atoms with Gasteiger partial charge >= 0.3 is 12.1 Å². The van der Waals surface area contributed by atoms with E-state index in [0.717, 1.165) is 69.3 Å². The highest BCUT2D eigenvalue weighted by Gasteiger charge is 2.30. The first-order valence-corrected chi connectivity index (χ1v) is 16.9. The van der Waals surface area contributed by atoms with Crippen LogP contribution in [0.3, 0.4) is 0 Å². The minimum atomic E-state index is -0.275. The van der Waals surface area contributed by atoms with Crippen LogP contribution in [0.5, 0.6) is 6.01 Å². The summed E-state index contributed by atoms with van der Waals surface area (Å²) < 4.78 is 17.4. The number of amides is 1. The molecule has 7 rings (SSSR count). The van der Waals surface area contributed by atoms with Crippen LogP contribution in [0, 0.1) is 6.92 Å². The number of anilines is 2. The van der Waals surface area contributed by atoms with Gasteiger partial charge in [0.15, 0.2) is 0 Å². The third-order valence-electron chi connectivity index (χ3n) is 9.34. The third kappa shape index (κ3) is 7.44. The van der Waals surface area contributed by atoms with Gasteiger partial charge in [0, 0.05) is 69.0 Å². The molecule has 0 radical (unpaired) electrons. The Morgan fingerprint density at radius 3 is 2.49 bits per heavy atom. The van der Waals surface area contributed by atoms with E-state index in [1.54, 1.807) is 4.90 Å². The van der Waals surface area contributed by atoms with Gasteiger partial charge in [-0.15, -0.1) is 0 Å². The van der Waals surface area contributed by atoms with Gasteiger partial charge in [-0.2, -0.15) is 9.97 Å². The van der Waals surface area contributed by atoms with E-state index in [2.05, 4.69) is 58.0 Å². The van der Waals surface area contributed by atoms with Gasteiger partial charge in [-0.05, 0) is 42.3 Å². The lowest BCUT2D eigenvalue weighted by Crippen LogP contribution is -2.49. The molecule has 4 heterocycles. The molecule has 47 heavy (non-hydrogen) atoms. The van der Waals surface area contributed by atoms with Crippen LogP contribution in [0.2, 0.25) is 0 Å². The average molecular weight is 637 g/mol. The maximum Gasteiger partial charge on any atom is 0.410 e. The molecule has 1 amide bonds. The molecule has 0 aliphatic carbocycles. The molecule has 3 aliphatic heterocycles. The Morgan fingerprint density at radius 1 is 0.872 bits per heavy atom. The Hall–Kier alpha value is -4.41. The second-order valence-corrected chi connectivity index (χ2v) is 12.6. The molecule has 2 fully saturated rings. The largest absolute Gasteiger partial charge is 0.463 e. The van der Waals surface area contributed by atoms with E-state index >= 15 is 0 Å². The number of benzene rings is 3. The van der Waals surface area contributed by atoms with Crippen molar-refractivity contribution in [1.29, 1.82) is 0 Å². The number of ether oxygens (including phenoxy) is 3. The lowest BCUT2D eigenvalue weighted by molar-refractivity contribution is 0.0356. The molecule has 10 nitrogen and oxygen atoms in total. The van der Waals surface area contributed by atoms with Gasteiger partial charge in [0.05, 0.1) is 32.1 Å². The molecule has 4 aromatic rings. The molecule has 3 aromatic carbocycles. The Kier molecular flexibility index (Phi) is 9.67. The first kappa shape index (κ1) is 31.2. The fourth-order valence-corrected chi connectivity index (χ4v) is 6.81. The van der Waals surface area contributed by atoms with Gasteiger partial charge in [-0.25, -0.2) is 4.79 Å². The molecule has 2 saturated heterocycles. The Morgan fingerprint density at radius 2 is 1.66 bits per heavy atom. The van der Waals surface area contributed by atoms with Crippen molar-refractivity contribution in [3.8, 4) is 6.01 Å². The molecule has 0 bridgehead atoms. The standard InChI is InChI=1S/C37H44N6O4/c1-28-24-30-10-5-6-11-31(30)34(25-28)43-14-12-32-33(26-43)38-36(46-21-7-13-40-19-22-45-23-20-40)39-35(32)41-15-17-42(18-16-41)37(44)47-27-29-8-3-2-4-9-29/h2-6,8-11,24-25H,7,12-23,26-27H2,1H3. The van der Waals surface area contributed by atoms with E-state index in [-0.39, 0.29) is 12.7 Å². The van der Waals surface area contributed by atoms with Gasteiger partial charge in [0.2, 0.25) is 0 Å². The van der Waals surface area contributed by atoms with Crippen LogP contribution in [0.1, 0.15) is 28.8 Å². The summed E-state index contributed by atoms with van der Waals surface area (Å²) in [5.74, 6) is 0.934. The van der Waals surface area contributed by atoms with Crippen molar-refractivity contribution in [2.75, 3.05) is 82.0 Å². The fraction of sp³-hybridized carbons (Fsp3) is 0.432. The number of morpholine rings is 1. The van der Waals surface area contributed by atoms with E-state index in [1.807, 2.05) is 30.3 Å². The summed E-state index contributed by atoms with van der Waals surface area (Å²) in [6.07, 6.45) is 1.47. The molecule has 1 aromatic heterocycles. The molecular weight excluding hydrogens is 592 g/mol. The maximum atomic E-state index is 12.9. The topological polar surface area (TPSA) is 83.5 Å². The SMILES string of the molecule is Cc1cc(N2CCc3c(nc(OCCCN4CCOCC4)nc3N3CCN(C(=O)OCc4ccccc4)CC3)C2)c2ccccc2c1. The highest BCUT2D eigenvalue weighted by atomic mass is 16.6. The average Bonchev–Trinajstić information content (AvgIpc) is 3.12. The van der Waals surface area contributed by atoms with Crippen LogP contribution in [0.4, 0.5) is 16.3 Å². The minimum absolute atomic E-state index is 0.275. The summed E-state index contributed by atoms with van der Waals surface area (Å²) in [5, 5.41) is 2.51. The zero-order valence-corrected chi connectivity index (χ0v) is 27.3. The summed E-state index contributed by atoms with van der Waals surface area (Å²) in [5.41, 5.74) is 5.66. The molecule has 0 saturated carbocycles. The van der Waals surface area contributed by atoms with Crippen molar-refractivity contribution in [3.05, 3.63) is 89.1 Å². The summed E-state index contributed by atoms with van der Waals surface area (Å²) >= 11 is 0. The lowest BCUT2D eigenvalue weighted by atomic mass is 10.0. The number of fused-ring (bicyclic) bond motifs is 2. The van der Waals surface area contributed by atoms with Crippen LogP contribution >= 0.6 is 0 Å². The number of hydrogen-bond donors (Lipinski definition) is 0. The molecule has 0 atom stereocenters. The van der Waals surface area contributed by atoms with Gasteiger partial charge in [-0.1, -0.05) is 60.7 Å². The second kappa shape index (κ2) is 14.6. The predicted molar refractivity (Wildman–Crippen MR) is 183 cm³/mol. The first-order valence-electron chi connectivity index (χ1n) is 16.9. The number of aromatic nitrogens is 2. The van der Waals surface area contributed by atoms with Crippen molar-refractivity contribution < 1.29 is 19.0 Å². The fourth-order valence-electron chi connectivity index (χ4n) is 6.81. The van der Waals surface area contributed by atoms with Gasteiger partial charge < -0.3 is 28.9 Å². The monoisotopic (exact) mass is 636 g/mol. The number of carbonyl (C=O) groups excluding carboxylic acids is 1. The second-order valence-electron chi connectivity index (χ2n) is 12.6. The molecule has 0 N–H and O–H groups in total. The van der Waals surface area contributed by atoms with E-state index < -0.39 is 0 Å². The van der Waals surface area contributed by atoms with Crippen molar-refractivity contribution in [2.45, 2.75) is 32.9 Å². The molecule has 10 heteroatoms. The van der Waals surface area contributed by atoms with E-state index in [1.165, 1.54) is 27.6 Å². The number of nitrogens with zero attached hydrogens (tertiary/aromatic N) is 6. The highest BCUT2D eigenvalue weighted by Crippen LogP contribution is 2.35. The zero-order valence-electron chi connectivity index (χ0n) is 27.3. The van der Waals surface area contributed by atoms with Crippen LogP contribution < -0.4 is 14.5 Å². The predicted octanol–water partition coefficient (Wildman–Crippen LogP) is 5.06. The number of rotatable bonds is 9.